The van der Waals surface area contributed by atoms with Gasteiger partial charge in [0.2, 0.25) is 11.9 Å². The number of thioether (sulfide) groups is 3. The molecule has 20 heteroatoms. The van der Waals surface area contributed by atoms with Gasteiger partial charge in [-0.25, -0.2) is 15.0 Å². The van der Waals surface area contributed by atoms with Gasteiger partial charge in [-0.05, 0) is 91.1 Å². The lowest BCUT2D eigenvalue weighted by atomic mass is 9.92. The summed E-state index contributed by atoms with van der Waals surface area (Å²) in [5, 5.41) is 23.8. The maximum atomic E-state index is 11.2. The zero-order valence-electron chi connectivity index (χ0n) is 84.8. The molecule has 0 aliphatic carbocycles. The number of pyridine rings is 1. The molecule has 1 amide bonds. The molecule has 1 unspecified atom stereocenters. The van der Waals surface area contributed by atoms with E-state index in [1.54, 1.807) is 28.3 Å². The van der Waals surface area contributed by atoms with Crippen molar-refractivity contribution in [3.8, 4) is 0 Å². The van der Waals surface area contributed by atoms with Crippen molar-refractivity contribution in [2.75, 3.05) is 60.6 Å². The highest BCUT2D eigenvalue weighted by Gasteiger charge is 2.24. The fraction of sp³-hybridized carbons (Fsp3) is 0.630. The lowest BCUT2D eigenvalue weighted by Crippen LogP contribution is -2.31. The van der Waals surface area contributed by atoms with Gasteiger partial charge >= 0.3 is 0 Å². The van der Waals surface area contributed by atoms with Crippen LogP contribution in [-0.2, 0) is 18.3 Å². The second-order valence-corrected chi connectivity index (χ2v) is 32.6. The van der Waals surface area contributed by atoms with Crippen LogP contribution in [-0.4, -0.2) is 112 Å². The van der Waals surface area contributed by atoms with Crippen LogP contribution in [0.1, 0.15) is 353 Å². The summed E-state index contributed by atoms with van der Waals surface area (Å²) in [5.41, 5.74) is 14.2. The molecule has 9 heterocycles. The van der Waals surface area contributed by atoms with Crippen LogP contribution in [0, 0.1) is 41.9 Å². The van der Waals surface area contributed by atoms with Gasteiger partial charge in [-0.15, -0.1) is 45.1 Å². The van der Waals surface area contributed by atoms with Gasteiger partial charge in [-0.1, -0.05) is 356 Å². The van der Waals surface area contributed by atoms with Crippen molar-refractivity contribution in [3.05, 3.63) is 166 Å². The molecule has 5 aliphatic heterocycles. The number of amides is 1. The Morgan fingerprint density at radius 3 is 1.37 bits per heavy atom. The van der Waals surface area contributed by atoms with Crippen LogP contribution in [0.25, 0.3) is 0 Å². The molecular formula is C100H183N15OS4. The third-order valence-electron chi connectivity index (χ3n) is 14.9. The summed E-state index contributed by atoms with van der Waals surface area (Å²) < 4.78 is 1.80. The Morgan fingerprint density at radius 1 is 0.517 bits per heavy atom. The summed E-state index contributed by atoms with van der Waals surface area (Å²) in [6.45, 7) is 91.9. The fourth-order valence-corrected chi connectivity index (χ4v) is 13.1. The summed E-state index contributed by atoms with van der Waals surface area (Å²) >= 11 is 7.50. The number of hydrogen-bond donors (Lipinski definition) is 4. The standard InChI is InChI=1S/C12H15N.C10H13NO.C10H13NS.C8H11N.C7H14N2.C7H10N2.C7H11NS.C7H13NS.C6H12N4.C6H11NS.10C2H6/c1-9(2)12-11-6-4-3-5-10(11)7-8-13-12;1-8(2)10(12)11-9-6-4-3-5-7-9;1-7(2)10-11-8-5-3-4-6-9(8)12-10;1-7(2)8-5-3-4-6-9-8;1-7(2,3)6-8-4-5-9-6;1-6(2)7-8-4-3-5-9-7;1-5(2)7-8-6(3)4-9-7;1-6(2)7-8-4-3-5-9-7;1-4(2)5-8-9-6(7)10(5)3;1-5(2)6-7-3-4-8-6;10*1-2/h3-6,9H,7-8H2,1-2H3;3-8H,1-2H3,(H,11,12);3-7,10-11H,1-2H3;3-7H,1-2H3;4-5H2,1-3H3,(H,8,9);3-6H,1-2H3;4-5H,1-3H3;6H,3-5H2,1-2H3;4H,1-3H3,(H2,7,9);5H,3-4H2,1-2H3;10*1-2H3. The van der Waals surface area contributed by atoms with E-state index in [9.17, 15) is 4.79 Å². The SMILES string of the molecule is CC.CC.CC.CC.CC.CC.CC.CC.CC.CC.CC(C)(C)C1=NCCN1.CC(C)C(=O)Nc1ccccc1.CC(C)C1=NCCCS1.CC(C)C1=NCCS1.CC(C)C1=NCCc2ccccc21.CC(C)C1Nc2ccccc2S1.CC(C)c1ccccn1.CC(C)c1ncccn1.CC(C)c1nnc(N)n1C.Cc1csc(C(C)C)n1. The molecule has 0 bridgehead atoms. The topological polar surface area (TPSA) is 211 Å². The molecule has 0 saturated carbocycles. The zero-order chi connectivity index (χ0) is 94.3. The van der Waals surface area contributed by atoms with E-state index in [0.717, 1.165) is 73.7 Å². The van der Waals surface area contributed by atoms with Crippen molar-refractivity contribution in [2.45, 2.75) is 338 Å². The zero-order valence-corrected chi connectivity index (χ0v) is 88.1. The molecule has 120 heavy (non-hydrogen) atoms. The van der Waals surface area contributed by atoms with Crippen molar-refractivity contribution < 1.29 is 4.79 Å². The number of nitrogens with one attached hydrogen (secondary N) is 3. The number of nitrogen functional groups attached to an aromatic ring is 1. The summed E-state index contributed by atoms with van der Waals surface area (Å²) in [5.74, 6) is 10.5. The van der Waals surface area contributed by atoms with E-state index in [4.69, 9.17) is 5.73 Å². The molecule has 0 radical (unpaired) electrons. The number of carbonyl (C=O) groups excluding carboxylic acids is 1. The van der Waals surface area contributed by atoms with E-state index >= 15 is 0 Å². The van der Waals surface area contributed by atoms with Crippen LogP contribution in [0.4, 0.5) is 17.3 Å². The third-order valence-corrected chi connectivity index (χ3v) is 20.3. The molecule has 4 aromatic heterocycles. The maximum absolute atomic E-state index is 11.2. The number of benzene rings is 3. The summed E-state index contributed by atoms with van der Waals surface area (Å²) in [6.07, 6.45) is 7.73. The number of aliphatic imine (C=N–C) groups is 4. The first-order chi connectivity index (χ1) is 57.4. The number of nitrogens with two attached hydrogens (primary N) is 1. The van der Waals surface area contributed by atoms with Gasteiger partial charge in [-0.2, -0.15) is 0 Å². The first kappa shape index (κ1) is 129. The van der Waals surface area contributed by atoms with Gasteiger partial charge in [0.1, 0.15) is 17.5 Å². The van der Waals surface area contributed by atoms with E-state index < -0.39 is 0 Å². The smallest absolute Gasteiger partial charge is 0.226 e. The van der Waals surface area contributed by atoms with Gasteiger partial charge in [0.25, 0.3) is 0 Å². The Hall–Kier alpha value is -6.74. The van der Waals surface area contributed by atoms with Gasteiger partial charge < -0.3 is 26.3 Å². The van der Waals surface area contributed by atoms with Crippen molar-refractivity contribution >= 4 is 91.5 Å². The maximum Gasteiger partial charge on any atom is 0.226 e. The van der Waals surface area contributed by atoms with E-state index in [1.165, 1.54) is 60.4 Å². The minimum absolute atomic E-state index is 0.0326. The highest BCUT2D eigenvalue weighted by molar-refractivity contribution is 8.14. The molecule has 3 aromatic carbocycles. The highest BCUT2D eigenvalue weighted by atomic mass is 32.2. The quantitative estimate of drug-likeness (QED) is 0.101. The van der Waals surface area contributed by atoms with Crippen molar-refractivity contribution in [1.82, 2.24) is 40.0 Å². The average Bonchev–Trinajstić information content (AvgIpc) is 1.35. The Balaban J connectivity index is -0.000000189. The fourth-order valence-electron chi connectivity index (χ4n) is 9.23. The van der Waals surface area contributed by atoms with Gasteiger partial charge in [0.05, 0.1) is 27.0 Å². The predicted octanol–water partition coefficient (Wildman–Crippen LogP) is 30.3. The Morgan fingerprint density at radius 2 is 1.02 bits per heavy atom. The number of rotatable bonds is 10. The number of thiazole rings is 1. The van der Waals surface area contributed by atoms with Gasteiger partial charge in [0, 0.05) is 143 Å². The molecule has 12 rings (SSSR count). The number of aromatic nitrogens is 7. The monoisotopic (exact) mass is 1740 g/mol. The first-order valence-corrected chi connectivity index (χ1v) is 49.5. The number of para-hydroxylation sites is 2. The largest absolute Gasteiger partial charge is 0.372 e. The molecule has 1 atom stereocenters. The van der Waals surface area contributed by atoms with Crippen LogP contribution in [0.15, 0.2) is 152 Å². The van der Waals surface area contributed by atoms with Crippen LogP contribution < -0.4 is 21.7 Å². The second kappa shape index (κ2) is 85.8. The number of aryl methyl sites for hydroxylation is 1. The summed E-state index contributed by atoms with van der Waals surface area (Å²) in [6, 6.07) is 34.4. The summed E-state index contributed by atoms with van der Waals surface area (Å²) in [4.78, 5) is 46.9. The van der Waals surface area contributed by atoms with E-state index in [-0.39, 0.29) is 17.2 Å². The number of hydrogen-bond acceptors (Lipinski definition) is 18. The van der Waals surface area contributed by atoms with E-state index in [1.807, 2.05) is 262 Å². The van der Waals surface area contributed by atoms with Crippen LogP contribution in [0.5, 0.6) is 0 Å². The molecule has 5 aliphatic rings. The second-order valence-electron chi connectivity index (χ2n) is 28.3. The Kier molecular flexibility index (Phi) is 92.1. The number of amidine groups is 1. The minimum Gasteiger partial charge on any atom is -0.372 e. The summed E-state index contributed by atoms with van der Waals surface area (Å²) in [7, 11) is 1.87. The Labute approximate surface area is 757 Å². The molecule has 16 nitrogen and oxygen atoms in total. The van der Waals surface area contributed by atoms with E-state index in [2.05, 4.69) is 252 Å². The van der Waals surface area contributed by atoms with Crippen LogP contribution in [0.2, 0.25) is 0 Å². The minimum atomic E-state index is 0.0326. The first-order valence-electron chi connectivity index (χ1n) is 45.8. The third kappa shape index (κ3) is 62.4. The number of fused-ring (bicyclic) bond motifs is 2. The van der Waals surface area contributed by atoms with Gasteiger partial charge in [0.15, 0.2) is 0 Å². The van der Waals surface area contributed by atoms with Crippen molar-refractivity contribution in [3.63, 3.8) is 0 Å². The average molecular weight is 1740 g/mol. The lowest BCUT2D eigenvalue weighted by molar-refractivity contribution is -0.118. The normalized spacial score (nSPS) is 12.7. The van der Waals surface area contributed by atoms with Crippen LogP contribution in [0.3, 0.4) is 0 Å². The molecule has 7 aromatic rings. The molecule has 0 fully saturated rings. The van der Waals surface area contributed by atoms with Crippen molar-refractivity contribution in [1.29, 1.82) is 0 Å². The number of anilines is 3. The highest BCUT2D eigenvalue weighted by Crippen LogP contribution is 2.40. The molecule has 5 N–H and O–H groups in total. The van der Waals surface area contributed by atoms with E-state index in [0.29, 0.717) is 58.7 Å². The lowest BCUT2D eigenvalue weighted by Gasteiger charge is -2.18. The molecule has 688 valence electrons. The predicted molar refractivity (Wildman–Crippen MR) is 553 cm³/mol. The number of nitrogens with zero attached hydrogens (tertiary/aromatic N) is 11. The van der Waals surface area contributed by atoms with Gasteiger partial charge in [-0.3, -0.25) is 29.7 Å². The molecule has 0 saturated heterocycles. The van der Waals surface area contributed by atoms with Crippen LogP contribution >= 0.6 is 46.6 Å². The molecule has 0 spiro atoms. The number of carbonyl (C=O) groups is 1. The Bertz CT molecular complexity index is 3430. The molecular weight excluding hydrogens is 1560 g/mol. The van der Waals surface area contributed by atoms with Crippen molar-refractivity contribution in [2.24, 2.45) is 62.0 Å².